The van der Waals surface area contributed by atoms with Crippen LogP contribution in [-0.2, 0) is 17.3 Å². The van der Waals surface area contributed by atoms with E-state index in [0.29, 0.717) is 5.52 Å². The SMILES string of the molecule is CN1C(=O)[C@@]2(C[C@H]2c2cn(C)c(=O)c3[nH]ccc23)c2ccccc21. The van der Waals surface area contributed by atoms with Crippen LogP contribution >= 0.6 is 0 Å². The maximum absolute atomic E-state index is 13.0. The molecule has 5 nitrogen and oxygen atoms in total. The lowest BCUT2D eigenvalue weighted by Crippen LogP contribution is -2.29. The van der Waals surface area contributed by atoms with Crippen molar-refractivity contribution in [2.45, 2.75) is 17.8 Å². The Bertz CT molecular complexity index is 1080. The lowest BCUT2D eigenvalue weighted by atomic mass is 9.91. The highest BCUT2D eigenvalue weighted by molar-refractivity contribution is 6.11. The van der Waals surface area contributed by atoms with Crippen LogP contribution in [0.5, 0.6) is 0 Å². The number of nitrogens with zero attached hydrogens (tertiary/aromatic N) is 2. The van der Waals surface area contributed by atoms with E-state index in [2.05, 4.69) is 11.1 Å². The Morgan fingerprint density at radius 2 is 1.96 bits per heavy atom. The summed E-state index contributed by atoms with van der Waals surface area (Å²) in [5, 5.41) is 0.930. The molecule has 2 aromatic heterocycles. The molecule has 0 bridgehead atoms. The summed E-state index contributed by atoms with van der Waals surface area (Å²) in [6.07, 6.45) is 4.49. The van der Waals surface area contributed by atoms with Crippen molar-refractivity contribution in [3.8, 4) is 0 Å². The monoisotopic (exact) mass is 319 g/mol. The zero-order valence-electron chi connectivity index (χ0n) is 13.5. The Labute approximate surface area is 138 Å². The quantitative estimate of drug-likeness (QED) is 0.748. The largest absolute Gasteiger partial charge is 0.357 e. The number of aromatic nitrogens is 2. The van der Waals surface area contributed by atoms with Gasteiger partial charge in [0, 0.05) is 43.5 Å². The van der Waals surface area contributed by atoms with Gasteiger partial charge < -0.3 is 14.5 Å². The second kappa shape index (κ2) is 4.17. The molecule has 1 saturated carbocycles. The Morgan fingerprint density at radius 1 is 1.17 bits per heavy atom. The molecule has 2 aliphatic rings. The summed E-state index contributed by atoms with van der Waals surface area (Å²) in [4.78, 5) is 30.1. The number of anilines is 1. The van der Waals surface area contributed by atoms with Gasteiger partial charge in [-0.2, -0.15) is 0 Å². The number of benzene rings is 1. The van der Waals surface area contributed by atoms with Crippen molar-refractivity contribution < 1.29 is 4.79 Å². The molecule has 1 fully saturated rings. The molecule has 120 valence electrons. The molecule has 5 rings (SSSR count). The maximum atomic E-state index is 13.0. The van der Waals surface area contributed by atoms with Crippen LogP contribution < -0.4 is 10.5 Å². The zero-order chi connectivity index (χ0) is 16.6. The molecule has 24 heavy (non-hydrogen) atoms. The summed E-state index contributed by atoms with van der Waals surface area (Å²) >= 11 is 0. The number of amides is 1. The predicted molar refractivity (Wildman–Crippen MR) is 92.4 cm³/mol. The van der Waals surface area contributed by atoms with Crippen molar-refractivity contribution in [1.29, 1.82) is 0 Å². The van der Waals surface area contributed by atoms with Crippen LogP contribution in [0, 0.1) is 0 Å². The van der Waals surface area contributed by atoms with E-state index >= 15 is 0 Å². The molecule has 3 heterocycles. The minimum Gasteiger partial charge on any atom is -0.357 e. The van der Waals surface area contributed by atoms with E-state index in [0.717, 1.165) is 28.6 Å². The predicted octanol–water partition coefficient (Wildman–Crippen LogP) is 2.27. The Kier molecular flexibility index (Phi) is 2.37. The van der Waals surface area contributed by atoms with Crippen LogP contribution in [0.2, 0.25) is 0 Å². The number of H-pyrrole nitrogens is 1. The Morgan fingerprint density at radius 3 is 2.79 bits per heavy atom. The lowest BCUT2D eigenvalue weighted by Gasteiger charge is -2.12. The van der Waals surface area contributed by atoms with Crippen LogP contribution in [0.25, 0.3) is 10.9 Å². The summed E-state index contributed by atoms with van der Waals surface area (Å²) in [7, 11) is 3.61. The van der Waals surface area contributed by atoms with Crippen LogP contribution in [-0.4, -0.2) is 22.5 Å². The van der Waals surface area contributed by atoms with E-state index in [-0.39, 0.29) is 17.4 Å². The van der Waals surface area contributed by atoms with Crippen molar-refractivity contribution in [2.75, 3.05) is 11.9 Å². The van der Waals surface area contributed by atoms with Crippen molar-refractivity contribution in [3.63, 3.8) is 0 Å². The third kappa shape index (κ3) is 1.40. The minimum absolute atomic E-state index is 0.0382. The fourth-order valence-corrected chi connectivity index (χ4v) is 4.42. The summed E-state index contributed by atoms with van der Waals surface area (Å²) in [5.74, 6) is 0.271. The Balaban J connectivity index is 1.73. The molecule has 1 N–H and O–H groups in total. The normalized spacial score (nSPS) is 24.8. The fraction of sp³-hybridized carbons (Fsp3) is 0.263. The van der Waals surface area contributed by atoms with E-state index < -0.39 is 5.41 Å². The molecule has 0 radical (unpaired) electrons. The number of nitrogens with one attached hydrogen (secondary N) is 1. The van der Waals surface area contributed by atoms with Gasteiger partial charge in [0.2, 0.25) is 5.91 Å². The maximum Gasteiger partial charge on any atom is 0.274 e. The van der Waals surface area contributed by atoms with Gasteiger partial charge in [0.25, 0.3) is 5.56 Å². The molecule has 1 aromatic carbocycles. The van der Waals surface area contributed by atoms with Crippen LogP contribution in [0.1, 0.15) is 23.5 Å². The van der Waals surface area contributed by atoms with E-state index in [1.54, 1.807) is 22.7 Å². The van der Waals surface area contributed by atoms with E-state index in [4.69, 9.17) is 0 Å². The molecule has 2 atom stereocenters. The van der Waals surface area contributed by atoms with E-state index in [1.165, 1.54) is 0 Å². The highest BCUT2D eigenvalue weighted by atomic mass is 16.2. The number of fused-ring (bicyclic) bond motifs is 3. The van der Waals surface area contributed by atoms with Gasteiger partial charge in [-0.05, 0) is 29.7 Å². The first-order valence-corrected chi connectivity index (χ1v) is 8.10. The molecular weight excluding hydrogens is 302 g/mol. The first kappa shape index (κ1) is 13.6. The number of carbonyl (C=O) groups excluding carboxylic acids is 1. The van der Waals surface area contributed by atoms with Gasteiger partial charge in [-0.15, -0.1) is 0 Å². The van der Waals surface area contributed by atoms with Crippen molar-refractivity contribution in [1.82, 2.24) is 9.55 Å². The Hall–Kier alpha value is -2.82. The van der Waals surface area contributed by atoms with Gasteiger partial charge in [0.05, 0.1) is 5.41 Å². The van der Waals surface area contributed by atoms with Crippen LogP contribution in [0.15, 0.2) is 47.5 Å². The highest BCUT2D eigenvalue weighted by Crippen LogP contribution is 2.66. The first-order valence-electron chi connectivity index (χ1n) is 8.10. The van der Waals surface area contributed by atoms with Gasteiger partial charge in [-0.1, -0.05) is 18.2 Å². The summed E-state index contributed by atoms with van der Waals surface area (Å²) in [6.45, 7) is 0. The topological polar surface area (TPSA) is 58.1 Å². The number of pyridine rings is 1. The molecule has 1 spiro atoms. The van der Waals surface area contributed by atoms with Gasteiger partial charge in [-0.3, -0.25) is 9.59 Å². The molecule has 1 amide bonds. The van der Waals surface area contributed by atoms with Crippen molar-refractivity contribution >= 4 is 22.5 Å². The van der Waals surface area contributed by atoms with Gasteiger partial charge >= 0.3 is 0 Å². The number of rotatable bonds is 1. The third-order valence-corrected chi connectivity index (χ3v) is 5.69. The number of carbonyl (C=O) groups is 1. The summed E-state index contributed by atoms with van der Waals surface area (Å²) in [6, 6.07) is 9.97. The fourth-order valence-electron chi connectivity index (χ4n) is 4.42. The first-order chi connectivity index (χ1) is 11.6. The third-order valence-electron chi connectivity index (χ3n) is 5.69. The second-order valence-corrected chi connectivity index (χ2v) is 6.88. The number of aryl methyl sites for hydroxylation is 1. The van der Waals surface area contributed by atoms with E-state index in [1.807, 2.05) is 37.5 Å². The molecule has 0 unspecified atom stereocenters. The average molecular weight is 319 g/mol. The smallest absolute Gasteiger partial charge is 0.274 e. The van der Waals surface area contributed by atoms with E-state index in [9.17, 15) is 9.59 Å². The van der Waals surface area contributed by atoms with Crippen LogP contribution in [0.4, 0.5) is 5.69 Å². The number of hydrogen-bond acceptors (Lipinski definition) is 2. The lowest BCUT2D eigenvalue weighted by molar-refractivity contribution is -0.120. The standard InChI is InChI=1S/C19H17N3O2/c1-21-10-12(11-7-8-20-16(11)17(21)23)14-9-19(14)13-5-3-4-6-15(13)22(2)18(19)24/h3-8,10,14,20H,9H2,1-2H3/t14-,19-/m0/s1. The number of para-hydroxylation sites is 1. The number of aromatic amines is 1. The minimum atomic E-state index is -0.465. The summed E-state index contributed by atoms with van der Waals surface area (Å²) in [5.41, 5.74) is 3.30. The second-order valence-electron chi connectivity index (χ2n) is 6.88. The zero-order valence-corrected chi connectivity index (χ0v) is 13.5. The molecule has 1 aliphatic carbocycles. The van der Waals surface area contributed by atoms with Crippen molar-refractivity contribution in [3.05, 3.63) is 64.2 Å². The molecule has 3 aromatic rings. The molecular formula is C19H17N3O2. The summed E-state index contributed by atoms with van der Waals surface area (Å²) < 4.78 is 1.61. The van der Waals surface area contributed by atoms with Gasteiger partial charge in [0.15, 0.2) is 0 Å². The van der Waals surface area contributed by atoms with Gasteiger partial charge in [0.1, 0.15) is 5.52 Å². The number of likely N-dealkylation sites (N-methyl/N-ethyl adjacent to an activating group) is 1. The molecule has 1 aliphatic heterocycles. The average Bonchev–Trinajstić information content (AvgIpc) is 3.07. The highest BCUT2D eigenvalue weighted by Gasteiger charge is 2.66. The number of hydrogen-bond donors (Lipinski definition) is 1. The molecule has 0 saturated heterocycles. The molecule has 5 heteroatoms. The van der Waals surface area contributed by atoms with Crippen molar-refractivity contribution in [2.24, 2.45) is 7.05 Å². The van der Waals surface area contributed by atoms with Gasteiger partial charge in [-0.25, -0.2) is 0 Å². The van der Waals surface area contributed by atoms with Crippen LogP contribution in [0.3, 0.4) is 0 Å².